The molecule has 3 aromatic carbocycles. The molecule has 1 saturated heterocycles. The molecule has 35 heavy (non-hydrogen) atoms. The van der Waals surface area contributed by atoms with Gasteiger partial charge in [0.05, 0.1) is 25.6 Å². The molecular formula is C28H25N3O4. The SMILES string of the molecule is COc1cccc(N2C(=O)N3CC(c4ccccc4OC)c4c([nH]c5ccccc45)C3(C)C2=O)c1. The molecule has 0 spiro atoms. The average molecular weight is 468 g/mol. The third-order valence-corrected chi connectivity index (χ3v) is 7.35. The van der Waals surface area contributed by atoms with E-state index in [-0.39, 0.29) is 17.9 Å². The number of methoxy groups -OCH3 is 2. The van der Waals surface area contributed by atoms with Crippen molar-refractivity contribution in [3.63, 3.8) is 0 Å². The van der Waals surface area contributed by atoms with Gasteiger partial charge in [-0.05, 0) is 36.8 Å². The van der Waals surface area contributed by atoms with Crippen LogP contribution in [0.5, 0.6) is 11.5 Å². The number of rotatable bonds is 4. The summed E-state index contributed by atoms with van der Waals surface area (Å²) in [5, 5.41) is 1.04. The molecule has 6 rings (SSSR count). The molecule has 1 N–H and O–H groups in total. The molecular weight excluding hydrogens is 442 g/mol. The van der Waals surface area contributed by atoms with Crippen molar-refractivity contribution >= 4 is 28.5 Å². The van der Waals surface area contributed by atoms with Crippen LogP contribution in [0.25, 0.3) is 10.9 Å². The van der Waals surface area contributed by atoms with Crippen molar-refractivity contribution in [2.75, 3.05) is 25.7 Å². The number of imide groups is 1. The number of hydrogen-bond donors (Lipinski definition) is 1. The minimum Gasteiger partial charge on any atom is -0.497 e. The number of para-hydroxylation sites is 2. The number of amides is 3. The van der Waals surface area contributed by atoms with Crippen LogP contribution in [0.3, 0.4) is 0 Å². The molecule has 4 aromatic rings. The second-order valence-corrected chi connectivity index (χ2v) is 9.06. The number of ether oxygens (including phenoxy) is 2. The lowest BCUT2D eigenvalue weighted by Gasteiger charge is -2.40. The largest absolute Gasteiger partial charge is 0.497 e. The Labute approximate surface area is 202 Å². The second kappa shape index (κ2) is 7.63. The van der Waals surface area contributed by atoms with Crippen LogP contribution in [-0.2, 0) is 10.3 Å². The predicted octanol–water partition coefficient (Wildman–Crippen LogP) is 5.01. The fraction of sp³-hybridized carbons (Fsp3) is 0.214. The molecule has 1 aromatic heterocycles. The van der Waals surface area contributed by atoms with E-state index in [1.165, 1.54) is 4.90 Å². The van der Waals surface area contributed by atoms with E-state index in [9.17, 15) is 9.59 Å². The maximum Gasteiger partial charge on any atom is 0.332 e. The van der Waals surface area contributed by atoms with Crippen molar-refractivity contribution < 1.29 is 19.1 Å². The van der Waals surface area contributed by atoms with E-state index in [1.54, 1.807) is 43.4 Å². The maximum absolute atomic E-state index is 14.1. The minimum absolute atomic E-state index is 0.174. The summed E-state index contributed by atoms with van der Waals surface area (Å²) < 4.78 is 11.0. The number of carbonyl (C=O) groups is 2. The first-order valence-electron chi connectivity index (χ1n) is 11.5. The number of benzene rings is 3. The van der Waals surface area contributed by atoms with Gasteiger partial charge >= 0.3 is 6.03 Å². The van der Waals surface area contributed by atoms with E-state index in [0.29, 0.717) is 18.0 Å². The number of hydrogen-bond acceptors (Lipinski definition) is 4. The number of aromatic amines is 1. The number of anilines is 1. The fourth-order valence-corrected chi connectivity index (χ4v) is 5.60. The number of nitrogens with zero attached hydrogens (tertiary/aromatic N) is 2. The molecule has 7 heteroatoms. The Morgan fingerprint density at radius 2 is 1.71 bits per heavy atom. The minimum atomic E-state index is -1.17. The third-order valence-electron chi connectivity index (χ3n) is 7.35. The van der Waals surface area contributed by atoms with Crippen LogP contribution < -0.4 is 14.4 Å². The summed E-state index contributed by atoms with van der Waals surface area (Å²) >= 11 is 0. The molecule has 176 valence electrons. The highest BCUT2D eigenvalue weighted by atomic mass is 16.5. The molecule has 0 saturated carbocycles. The fourth-order valence-electron chi connectivity index (χ4n) is 5.60. The normalized spacial score (nSPS) is 21.3. The summed E-state index contributed by atoms with van der Waals surface area (Å²) in [7, 11) is 3.21. The molecule has 3 amide bonds. The highest BCUT2D eigenvalue weighted by Gasteiger charge is 2.60. The van der Waals surface area contributed by atoms with E-state index in [0.717, 1.165) is 33.5 Å². The van der Waals surface area contributed by atoms with Gasteiger partial charge in [-0.25, -0.2) is 9.69 Å². The Bertz CT molecular complexity index is 1490. The molecule has 2 unspecified atom stereocenters. The van der Waals surface area contributed by atoms with E-state index >= 15 is 0 Å². The Balaban J connectivity index is 1.59. The zero-order chi connectivity index (χ0) is 24.3. The summed E-state index contributed by atoms with van der Waals surface area (Å²) in [5.41, 5.74) is 2.99. The van der Waals surface area contributed by atoms with Crippen LogP contribution >= 0.6 is 0 Å². The van der Waals surface area contributed by atoms with E-state index in [1.807, 2.05) is 49.4 Å². The Kier molecular flexibility index (Phi) is 4.64. The van der Waals surface area contributed by atoms with Crippen molar-refractivity contribution in [1.82, 2.24) is 9.88 Å². The second-order valence-electron chi connectivity index (χ2n) is 9.06. The van der Waals surface area contributed by atoms with Gasteiger partial charge in [-0.15, -0.1) is 0 Å². The van der Waals surface area contributed by atoms with Crippen molar-refractivity contribution in [3.05, 3.63) is 89.6 Å². The van der Waals surface area contributed by atoms with Gasteiger partial charge in [0.1, 0.15) is 11.5 Å². The molecule has 3 heterocycles. The number of nitrogens with one attached hydrogen (secondary N) is 1. The highest BCUT2D eigenvalue weighted by Crippen LogP contribution is 2.51. The summed E-state index contributed by atoms with van der Waals surface area (Å²) in [6.07, 6.45) is 0. The summed E-state index contributed by atoms with van der Waals surface area (Å²) in [4.78, 5) is 34.4. The summed E-state index contributed by atoms with van der Waals surface area (Å²) in [6.45, 7) is 2.18. The van der Waals surface area contributed by atoms with E-state index < -0.39 is 5.54 Å². The zero-order valence-corrected chi connectivity index (χ0v) is 19.7. The number of fused-ring (bicyclic) bond motifs is 5. The first kappa shape index (κ1) is 21.3. The summed E-state index contributed by atoms with van der Waals surface area (Å²) in [6, 6.07) is 22.6. The smallest absolute Gasteiger partial charge is 0.332 e. The molecule has 1 fully saturated rings. The molecule has 2 atom stereocenters. The Morgan fingerprint density at radius 1 is 0.943 bits per heavy atom. The quantitative estimate of drug-likeness (QED) is 0.428. The van der Waals surface area contributed by atoms with Crippen molar-refractivity contribution in [3.8, 4) is 11.5 Å². The third kappa shape index (κ3) is 2.84. The van der Waals surface area contributed by atoms with Gasteiger partial charge in [0.2, 0.25) is 0 Å². The van der Waals surface area contributed by atoms with Gasteiger partial charge < -0.3 is 19.4 Å². The zero-order valence-electron chi connectivity index (χ0n) is 19.7. The van der Waals surface area contributed by atoms with Gasteiger partial charge in [-0.2, -0.15) is 0 Å². The van der Waals surface area contributed by atoms with Crippen LogP contribution in [0.2, 0.25) is 0 Å². The lowest BCUT2D eigenvalue weighted by molar-refractivity contribution is -0.125. The number of aromatic nitrogens is 1. The molecule has 2 aliphatic heterocycles. The Hall–Kier alpha value is -4.26. The topological polar surface area (TPSA) is 74.9 Å². The number of urea groups is 1. The van der Waals surface area contributed by atoms with Crippen molar-refractivity contribution in [2.45, 2.75) is 18.4 Å². The number of carbonyl (C=O) groups excluding carboxylic acids is 2. The van der Waals surface area contributed by atoms with Gasteiger partial charge in [-0.3, -0.25) is 4.79 Å². The maximum atomic E-state index is 14.1. The van der Waals surface area contributed by atoms with Crippen molar-refractivity contribution in [1.29, 1.82) is 0 Å². The predicted molar refractivity (Wildman–Crippen MR) is 133 cm³/mol. The lowest BCUT2D eigenvalue weighted by atomic mass is 9.78. The molecule has 2 aliphatic rings. The van der Waals surface area contributed by atoms with Crippen molar-refractivity contribution in [2.24, 2.45) is 0 Å². The van der Waals surface area contributed by atoms with Gasteiger partial charge in [-0.1, -0.05) is 42.5 Å². The highest BCUT2D eigenvalue weighted by molar-refractivity contribution is 6.23. The van der Waals surface area contributed by atoms with Gasteiger partial charge in [0.25, 0.3) is 5.91 Å². The van der Waals surface area contributed by atoms with Crippen LogP contribution in [0.4, 0.5) is 10.5 Å². The van der Waals surface area contributed by atoms with Crippen LogP contribution in [0.15, 0.2) is 72.8 Å². The van der Waals surface area contributed by atoms with E-state index in [2.05, 4.69) is 11.1 Å². The first-order valence-corrected chi connectivity index (χ1v) is 11.5. The molecule has 7 nitrogen and oxygen atoms in total. The lowest BCUT2D eigenvalue weighted by Crippen LogP contribution is -2.50. The molecule has 0 radical (unpaired) electrons. The standard InChI is InChI=1S/C28H25N3O4/c1-28-25-24(20-12-4-6-13-22(20)29-25)21(19-11-5-7-14-23(19)35-3)16-30(28)27(33)31(26(28)32)17-9-8-10-18(15-17)34-2/h4-15,21,29H,16H2,1-3H3. The van der Waals surface area contributed by atoms with Gasteiger partial charge in [0, 0.05) is 35.0 Å². The average Bonchev–Trinajstić information content (AvgIpc) is 3.38. The van der Waals surface area contributed by atoms with Crippen LogP contribution in [-0.4, -0.2) is 42.6 Å². The molecule has 0 bridgehead atoms. The summed E-state index contributed by atoms with van der Waals surface area (Å²) in [5.74, 6) is 0.866. The Morgan fingerprint density at radius 3 is 2.51 bits per heavy atom. The number of H-pyrrole nitrogens is 1. The first-order chi connectivity index (χ1) is 17.0. The van der Waals surface area contributed by atoms with Crippen LogP contribution in [0, 0.1) is 0 Å². The van der Waals surface area contributed by atoms with E-state index in [4.69, 9.17) is 9.47 Å². The molecule has 0 aliphatic carbocycles. The monoisotopic (exact) mass is 467 g/mol. The van der Waals surface area contributed by atoms with Gasteiger partial charge in [0.15, 0.2) is 5.54 Å². The van der Waals surface area contributed by atoms with Crippen LogP contribution in [0.1, 0.15) is 29.7 Å².